The van der Waals surface area contributed by atoms with Crippen LogP contribution in [0.15, 0.2) is 22.7 Å². The maximum Gasteiger partial charge on any atom is 0.418 e. The molecule has 20 heavy (non-hydrogen) atoms. The number of nitrogens with zero attached hydrogens (tertiary/aromatic N) is 1. The van der Waals surface area contributed by atoms with Crippen molar-refractivity contribution in [1.82, 2.24) is 4.90 Å². The van der Waals surface area contributed by atoms with E-state index in [1.807, 2.05) is 0 Å². The second kappa shape index (κ2) is 6.35. The van der Waals surface area contributed by atoms with E-state index in [2.05, 4.69) is 33.1 Å². The molecule has 1 heterocycles. The largest absolute Gasteiger partial charge is 0.418 e. The predicted octanol–water partition coefficient (Wildman–Crippen LogP) is 4.36. The molecule has 1 saturated heterocycles. The highest BCUT2D eigenvalue weighted by molar-refractivity contribution is 9.10. The number of hydrogen-bond acceptors (Lipinski definition) is 2. The third-order valence-corrected chi connectivity index (χ3v) is 4.17. The SMILES string of the molecule is CCN1CCC(Nc2cc(Br)ccc2C(F)(F)F)CC1. The van der Waals surface area contributed by atoms with E-state index in [9.17, 15) is 13.2 Å². The highest BCUT2D eigenvalue weighted by Crippen LogP contribution is 2.37. The van der Waals surface area contributed by atoms with Crippen LogP contribution in [0, 0.1) is 0 Å². The Morgan fingerprint density at radius 3 is 2.50 bits per heavy atom. The minimum Gasteiger partial charge on any atom is -0.382 e. The molecular formula is C14H18BrF3N2. The molecule has 2 nitrogen and oxygen atoms in total. The Morgan fingerprint density at radius 2 is 1.95 bits per heavy atom. The number of rotatable bonds is 3. The van der Waals surface area contributed by atoms with Crippen LogP contribution in [-0.4, -0.2) is 30.6 Å². The van der Waals surface area contributed by atoms with Crippen LogP contribution in [0.3, 0.4) is 0 Å². The summed E-state index contributed by atoms with van der Waals surface area (Å²) < 4.78 is 39.6. The number of hydrogen-bond donors (Lipinski definition) is 1. The van der Waals surface area contributed by atoms with Crippen molar-refractivity contribution >= 4 is 21.6 Å². The summed E-state index contributed by atoms with van der Waals surface area (Å²) in [7, 11) is 0. The molecule has 1 N–H and O–H groups in total. The van der Waals surface area contributed by atoms with Crippen molar-refractivity contribution in [3.05, 3.63) is 28.2 Å². The highest BCUT2D eigenvalue weighted by atomic mass is 79.9. The van der Waals surface area contributed by atoms with Crippen LogP contribution >= 0.6 is 15.9 Å². The summed E-state index contributed by atoms with van der Waals surface area (Å²) >= 11 is 3.23. The van der Waals surface area contributed by atoms with Crippen molar-refractivity contribution in [3.8, 4) is 0 Å². The number of halogens is 4. The van der Waals surface area contributed by atoms with Gasteiger partial charge in [0.1, 0.15) is 0 Å². The monoisotopic (exact) mass is 350 g/mol. The number of piperidine rings is 1. The third kappa shape index (κ3) is 3.88. The molecule has 1 fully saturated rings. The molecular weight excluding hydrogens is 333 g/mol. The van der Waals surface area contributed by atoms with Crippen molar-refractivity contribution in [1.29, 1.82) is 0 Å². The molecule has 112 valence electrons. The van der Waals surface area contributed by atoms with E-state index in [0.29, 0.717) is 4.47 Å². The Bertz CT molecular complexity index is 454. The van der Waals surface area contributed by atoms with Crippen LogP contribution in [-0.2, 0) is 6.18 Å². The van der Waals surface area contributed by atoms with Gasteiger partial charge >= 0.3 is 6.18 Å². The summed E-state index contributed by atoms with van der Waals surface area (Å²) in [6, 6.07) is 4.16. The first-order valence-electron chi connectivity index (χ1n) is 6.75. The lowest BCUT2D eigenvalue weighted by atomic mass is 10.0. The van der Waals surface area contributed by atoms with E-state index in [1.165, 1.54) is 12.1 Å². The van der Waals surface area contributed by atoms with Gasteiger partial charge in [-0.05, 0) is 37.6 Å². The fraction of sp³-hybridized carbons (Fsp3) is 0.571. The second-order valence-corrected chi connectivity index (χ2v) is 5.96. The zero-order chi connectivity index (χ0) is 14.8. The molecule has 0 unspecified atom stereocenters. The van der Waals surface area contributed by atoms with Gasteiger partial charge in [-0.2, -0.15) is 13.2 Å². The number of nitrogens with one attached hydrogen (secondary N) is 1. The van der Waals surface area contributed by atoms with Gasteiger partial charge < -0.3 is 10.2 Å². The maximum absolute atomic E-state index is 13.0. The molecule has 0 amide bonds. The summed E-state index contributed by atoms with van der Waals surface area (Å²) in [5.74, 6) is 0. The Hall–Kier alpha value is -0.750. The molecule has 6 heteroatoms. The molecule has 0 atom stereocenters. The van der Waals surface area contributed by atoms with Crippen LogP contribution in [0.1, 0.15) is 25.3 Å². The zero-order valence-corrected chi connectivity index (χ0v) is 12.9. The average molecular weight is 351 g/mol. The standard InChI is InChI=1S/C14H18BrF3N2/c1-2-20-7-5-11(6-8-20)19-13-9-10(15)3-4-12(13)14(16,17)18/h3-4,9,11,19H,2,5-8H2,1H3. The van der Waals surface area contributed by atoms with Crippen LogP contribution < -0.4 is 5.32 Å². The Morgan fingerprint density at radius 1 is 1.30 bits per heavy atom. The lowest BCUT2D eigenvalue weighted by Gasteiger charge is -2.32. The molecule has 0 aromatic heterocycles. The van der Waals surface area contributed by atoms with Crippen LogP contribution in [0.5, 0.6) is 0 Å². The number of anilines is 1. The molecule has 2 rings (SSSR count). The smallest absolute Gasteiger partial charge is 0.382 e. The highest BCUT2D eigenvalue weighted by Gasteiger charge is 2.34. The van der Waals surface area contributed by atoms with Gasteiger partial charge in [0.25, 0.3) is 0 Å². The van der Waals surface area contributed by atoms with Crippen molar-refractivity contribution in [3.63, 3.8) is 0 Å². The van der Waals surface area contributed by atoms with Gasteiger partial charge in [-0.15, -0.1) is 0 Å². The summed E-state index contributed by atoms with van der Waals surface area (Å²) in [5, 5.41) is 3.06. The fourth-order valence-corrected chi connectivity index (χ4v) is 2.86. The molecule has 0 bridgehead atoms. The van der Waals surface area contributed by atoms with Gasteiger partial charge in [0.05, 0.1) is 5.56 Å². The van der Waals surface area contributed by atoms with Crippen molar-refractivity contribution in [2.45, 2.75) is 32.0 Å². The Labute approximate surface area is 125 Å². The lowest BCUT2D eigenvalue weighted by molar-refractivity contribution is -0.137. The molecule has 0 saturated carbocycles. The Kier molecular flexibility index (Phi) is 4.96. The van der Waals surface area contributed by atoms with Gasteiger partial charge in [0.2, 0.25) is 0 Å². The minimum absolute atomic E-state index is 0.105. The van der Waals surface area contributed by atoms with Crippen LogP contribution in [0.25, 0.3) is 0 Å². The normalized spacial score (nSPS) is 18.2. The van der Waals surface area contributed by atoms with Gasteiger partial charge in [-0.1, -0.05) is 22.9 Å². The molecule has 1 aliphatic rings. The van der Waals surface area contributed by atoms with Gasteiger partial charge in [0.15, 0.2) is 0 Å². The number of alkyl halides is 3. The molecule has 1 aromatic rings. The maximum atomic E-state index is 13.0. The van der Waals surface area contributed by atoms with Crippen LogP contribution in [0.4, 0.5) is 18.9 Å². The first-order chi connectivity index (χ1) is 9.40. The van der Waals surface area contributed by atoms with Crippen LogP contribution in [0.2, 0.25) is 0 Å². The zero-order valence-electron chi connectivity index (χ0n) is 11.3. The summed E-state index contributed by atoms with van der Waals surface area (Å²) in [5.41, 5.74) is -0.430. The molecule has 0 radical (unpaired) electrons. The topological polar surface area (TPSA) is 15.3 Å². The first-order valence-corrected chi connectivity index (χ1v) is 7.55. The van der Waals surface area contributed by atoms with E-state index in [4.69, 9.17) is 0 Å². The lowest BCUT2D eigenvalue weighted by Crippen LogP contribution is -2.39. The quantitative estimate of drug-likeness (QED) is 0.870. The molecule has 0 aliphatic carbocycles. The fourth-order valence-electron chi connectivity index (χ4n) is 2.50. The van der Waals surface area contributed by atoms with E-state index in [-0.39, 0.29) is 11.7 Å². The Balaban J connectivity index is 2.11. The van der Waals surface area contributed by atoms with Gasteiger partial charge in [-0.3, -0.25) is 0 Å². The molecule has 1 aromatic carbocycles. The van der Waals surface area contributed by atoms with Crippen molar-refractivity contribution in [2.24, 2.45) is 0 Å². The van der Waals surface area contributed by atoms with Gasteiger partial charge in [-0.25, -0.2) is 0 Å². The van der Waals surface area contributed by atoms with Crippen molar-refractivity contribution in [2.75, 3.05) is 25.0 Å². The van der Waals surface area contributed by atoms with Crippen molar-refractivity contribution < 1.29 is 13.2 Å². The first kappa shape index (κ1) is 15.6. The van der Waals surface area contributed by atoms with E-state index in [1.54, 1.807) is 0 Å². The average Bonchev–Trinajstić information content (AvgIpc) is 2.38. The number of likely N-dealkylation sites (tertiary alicyclic amines) is 1. The minimum atomic E-state index is -4.33. The van der Waals surface area contributed by atoms with E-state index >= 15 is 0 Å². The van der Waals surface area contributed by atoms with Gasteiger partial charge in [0, 0.05) is 29.3 Å². The van der Waals surface area contributed by atoms with E-state index in [0.717, 1.165) is 38.5 Å². The number of benzene rings is 1. The summed E-state index contributed by atoms with van der Waals surface area (Å²) in [6.07, 6.45) is -2.58. The summed E-state index contributed by atoms with van der Waals surface area (Å²) in [6.45, 7) is 4.97. The van der Waals surface area contributed by atoms with E-state index < -0.39 is 11.7 Å². The predicted molar refractivity (Wildman–Crippen MR) is 77.9 cm³/mol. The summed E-state index contributed by atoms with van der Waals surface area (Å²) in [4.78, 5) is 2.31. The third-order valence-electron chi connectivity index (χ3n) is 3.68. The second-order valence-electron chi connectivity index (χ2n) is 5.04. The molecule has 0 spiro atoms. The molecule has 1 aliphatic heterocycles.